The number of benzene rings is 1. The van der Waals surface area contributed by atoms with E-state index in [1.165, 1.54) is 22.6 Å². The minimum atomic E-state index is -0.693. The molecule has 8 nitrogen and oxygen atoms in total. The Balaban J connectivity index is 1.72. The van der Waals surface area contributed by atoms with Gasteiger partial charge in [-0.2, -0.15) is 0 Å². The topological polar surface area (TPSA) is 94.8 Å². The molecule has 0 aliphatic carbocycles. The van der Waals surface area contributed by atoms with Crippen molar-refractivity contribution in [3.63, 3.8) is 0 Å². The van der Waals surface area contributed by atoms with Crippen molar-refractivity contribution in [2.24, 2.45) is 0 Å². The second kappa shape index (κ2) is 7.46. The summed E-state index contributed by atoms with van der Waals surface area (Å²) in [6, 6.07) is 10.5. The molecule has 148 valence electrons. The van der Waals surface area contributed by atoms with E-state index in [-0.39, 0.29) is 36.1 Å². The Labute approximate surface area is 163 Å². The molecule has 1 aliphatic heterocycles. The lowest BCUT2D eigenvalue weighted by Crippen LogP contribution is -2.46. The van der Waals surface area contributed by atoms with Gasteiger partial charge in [-0.3, -0.25) is 9.69 Å². The van der Waals surface area contributed by atoms with Crippen LogP contribution in [0, 0.1) is 10.1 Å². The number of hydrogen-bond donors (Lipinski definition) is 0. The Bertz CT molecular complexity index is 890. The van der Waals surface area contributed by atoms with Crippen LogP contribution in [0.5, 0.6) is 11.5 Å². The summed E-state index contributed by atoms with van der Waals surface area (Å²) in [5.41, 5.74) is 1.25. The molecular formula is C20H23N3O5. The molecule has 0 bridgehead atoms. The fourth-order valence-corrected chi connectivity index (χ4v) is 2.90. The summed E-state index contributed by atoms with van der Waals surface area (Å²) in [6.07, 6.45) is -0.693. The Morgan fingerprint density at radius 3 is 2.50 bits per heavy atom. The maximum atomic E-state index is 12.5. The highest BCUT2D eigenvalue weighted by atomic mass is 16.6. The van der Waals surface area contributed by atoms with Crippen LogP contribution in [0.15, 0.2) is 36.4 Å². The Morgan fingerprint density at radius 2 is 1.89 bits per heavy atom. The second-order valence-corrected chi connectivity index (χ2v) is 7.62. The first kappa shape index (κ1) is 19.6. The van der Waals surface area contributed by atoms with Gasteiger partial charge in [-0.05, 0) is 46.0 Å². The van der Waals surface area contributed by atoms with Gasteiger partial charge in [-0.25, -0.2) is 0 Å². The van der Waals surface area contributed by atoms with Gasteiger partial charge in [-0.15, -0.1) is 0 Å². The van der Waals surface area contributed by atoms with Gasteiger partial charge in [0.2, 0.25) is 0 Å². The molecule has 0 saturated heterocycles. The number of amides is 1. The van der Waals surface area contributed by atoms with E-state index < -0.39 is 11.0 Å². The van der Waals surface area contributed by atoms with Crippen LogP contribution in [0.4, 0.5) is 11.6 Å². The largest absolute Gasteiger partial charge is 0.492 e. The molecular weight excluding hydrogens is 362 g/mol. The Hall–Kier alpha value is -3.16. The molecule has 1 aromatic heterocycles. The maximum Gasteiger partial charge on any atom is 0.366 e. The number of nitro groups is 1. The van der Waals surface area contributed by atoms with Gasteiger partial charge >= 0.3 is 5.82 Å². The Morgan fingerprint density at radius 1 is 1.21 bits per heavy atom. The molecule has 3 rings (SSSR count). The zero-order chi connectivity index (χ0) is 20.5. The van der Waals surface area contributed by atoms with Gasteiger partial charge in [0.25, 0.3) is 11.7 Å². The van der Waals surface area contributed by atoms with E-state index >= 15 is 0 Å². The average molecular weight is 385 g/mol. The normalized spacial score (nSPS) is 16.4. The monoisotopic (exact) mass is 385 g/mol. The van der Waals surface area contributed by atoms with Crippen LogP contribution in [-0.4, -0.2) is 35.1 Å². The van der Waals surface area contributed by atoms with Crippen molar-refractivity contribution in [3.05, 3.63) is 52.1 Å². The van der Waals surface area contributed by atoms with E-state index in [2.05, 4.69) is 25.8 Å². The minimum absolute atomic E-state index is 0.0545. The van der Waals surface area contributed by atoms with Crippen LogP contribution in [0.3, 0.4) is 0 Å². The van der Waals surface area contributed by atoms with Gasteiger partial charge in [-0.1, -0.05) is 32.9 Å². The molecule has 2 heterocycles. The fourth-order valence-electron chi connectivity index (χ4n) is 2.90. The first-order valence-corrected chi connectivity index (χ1v) is 9.03. The van der Waals surface area contributed by atoms with Crippen LogP contribution in [0.2, 0.25) is 0 Å². The number of anilines is 1. The van der Waals surface area contributed by atoms with Crippen molar-refractivity contribution >= 4 is 17.5 Å². The Kier molecular flexibility index (Phi) is 5.22. The summed E-state index contributed by atoms with van der Waals surface area (Å²) in [7, 11) is 0. The smallest absolute Gasteiger partial charge is 0.366 e. The molecule has 1 unspecified atom stereocenters. The fraction of sp³-hybridized carbons (Fsp3) is 0.400. The van der Waals surface area contributed by atoms with Crippen LogP contribution in [0.25, 0.3) is 0 Å². The summed E-state index contributed by atoms with van der Waals surface area (Å²) in [5.74, 6) is 0.519. The van der Waals surface area contributed by atoms with Crippen molar-refractivity contribution in [2.75, 3.05) is 18.1 Å². The molecule has 0 radical (unpaired) electrons. The molecule has 8 heteroatoms. The van der Waals surface area contributed by atoms with E-state index in [4.69, 9.17) is 9.47 Å². The van der Waals surface area contributed by atoms with Crippen molar-refractivity contribution in [1.82, 2.24) is 4.98 Å². The molecule has 28 heavy (non-hydrogen) atoms. The van der Waals surface area contributed by atoms with Crippen molar-refractivity contribution in [3.8, 4) is 11.5 Å². The van der Waals surface area contributed by atoms with E-state index in [1.54, 1.807) is 6.92 Å². The number of aromatic nitrogens is 1. The predicted octanol–water partition coefficient (Wildman–Crippen LogP) is 3.48. The summed E-state index contributed by atoms with van der Waals surface area (Å²) in [4.78, 5) is 28.3. The van der Waals surface area contributed by atoms with Crippen LogP contribution >= 0.6 is 0 Å². The molecule has 1 aliphatic rings. The minimum Gasteiger partial charge on any atom is -0.492 e. The van der Waals surface area contributed by atoms with E-state index in [9.17, 15) is 14.9 Å². The van der Waals surface area contributed by atoms with Crippen LogP contribution in [-0.2, 0) is 10.2 Å². The highest BCUT2D eigenvalue weighted by molar-refractivity contribution is 5.98. The quantitative estimate of drug-likeness (QED) is 0.578. The highest BCUT2D eigenvalue weighted by Crippen LogP contribution is 2.33. The van der Waals surface area contributed by atoms with Crippen molar-refractivity contribution in [1.29, 1.82) is 0 Å². The molecule has 0 fully saturated rings. The van der Waals surface area contributed by atoms with E-state index in [1.807, 2.05) is 24.3 Å². The van der Waals surface area contributed by atoms with Crippen molar-refractivity contribution in [2.45, 2.75) is 39.2 Å². The lowest BCUT2D eigenvalue weighted by atomic mass is 9.87. The SMILES string of the molecule is CC1Oc2ccc([N+](=O)[O-])nc2N(CCOc2ccc(C(C)(C)C)cc2)C1=O. The van der Waals surface area contributed by atoms with E-state index in [0.717, 1.165) is 0 Å². The zero-order valence-corrected chi connectivity index (χ0v) is 16.3. The number of ether oxygens (including phenoxy) is 2. The maximum absolute atomic E-state index is 12.5. The molecule has 1 atom stereocenters. The van der Waals surface area contributed by atoms with Gasteiger partial charge in [0, 0.05) is 6.07 Å². The first-order valence-electron chi connectivity index (χ1n) is 9.03. The lowest BCUT2D eigenvalue weighted by Gasteiger charge is -2.29. The summed E-state index contributed by atoms with van der Waals surface area (Å²) in [6.45, 7) is 8.46. The van der Waals surface area contributed by atoms with Gasteiger partial charge in [0.15, 0.2) is 11.9 Å². The van der Waals surface area contributed by atoms with Crippen molar-refractivity contribution < 1.29 is 19.2 Å². The summed E-state index contributed by atoms with van der Waals surface area (Å²) < 4.78 is 11.3. The standard InChI is InChI=1S/C20H23N3O5/c1-13-19(24)22(18-16(28-13)9-10-17(21-18)23(25)26)11-12-27-15-7-5-14(6-8-15)20(2,3)4/h5-10,13H,11-12H2,1-4H3. The molecule has 1 amide bonds. The molecule has 1 aromatic carbocycles. The third-order valence-electron chi connectivity index (χ3n) is 4.49. The number of rotatable bonds is 5. The predicted molar refractivity (Wildman–Crippen MR) is 104 cm³/mol. The molecule has 0 saturated carbocycles. The average Bonchev–Trinajstić information content (AvgIpc) is 2.64. The number of carbonyl (C=O) groups excluding carboxylic acids is 1. The zero-order valence-electron chi connectivity index (χ0n) is 16.3. The van der Waals surface area contributed by atoms with Gasteiger partial charge in [0.05, 0.1) is 6.54 Å². The number of carbonyl (C=O) groups is 1. The second-order valence-electron chi connectivity index (χ2n) is 7.62. The lowest BCUT2D eigenvalue weighted by molar-refractivity contribution is -0.389. The van der Waals surface area contributed by atoms with E-state index in [0.29, 0.717) is 11.5 Å². The number of hydrogen-bond acceptors (Lipinski definition) is 6. The van der Waals surface area contributed by atoms with Crippen LogP contribution in [0.1, 0.15) is 33.3 Å². The summed E-state index contributed by atoms with van der Waals surface area (Å²) >= 11 is 0. The number of nitrogens with zero attached hydrogens (tertiary/aromatic N) is 3. The first-order chi connectivity index (χ1) is 13.2. The number of pyridine rings is 1. The molecule has 0 spiro atoms. The molecule has 2 aromatic rings. The highest BCUT2D eigenvalue weighted by Gasteiger charge is 2.36. The van der Waals surface area contributed by atoms with Crippen LogP contribution < -0.4 is 14.4 Å². The summed E-state index contributed by atoms with van der Waals surface area (Å²) in [5, 5.41) is 11.0. The number of fused-ring (bicyclic) bond motifs is 1. The molecule has 0 N–H and O–H groups in total. The van der Waals surface area contributed by atoms with Gasteiger partial charge < -0.3 is 19.6 Å². The third-order valence-corrected chi connectivity index (χ3v) is 4.49. The van der Waals surface area contributed by atoms with Gasteiger partial charge in [0.1, 0.15) is 12.4 Å². The third kappa shape index (κ3) is 4.05.